The Morgan fingerprint density at radius 2 is 0.766 bits per heavy atom. The van der Waals surface area contributed by atoms with Crippen molar-refractivity contribution in [2.24, 2.45) is 68.0 Å². The standard InChI is InChI=1S/C11H18N6O2S2.C10H14N4O4S2.C10H16N4O2S2.C8H9N3O2S.C7H6ClNO2.C7H7NO3.C7H5NO3.ClH/c12-10(17-21(15,18)19)4-5-20-7-8-2-1-3-9(6-8)16-11(13)14;11-10(13-20(12,17)18)4-5-19-7-8-2-1-3-9(6-8)14(15)16;11-9-3-1-2-8(6-9)7-17-5-4-10(12)14-18(13,15)16;9-8(10)14-5-6-2-1-3-7(4-6)11(12)13;8-5-6-2-1-3-7(4-6)9(10)11;2*9-5-6-2-1-3-7(4-6)8(10)11;/h1-3,6H,4-5,7H2,(H2,12,17)(H4,13,14,16)(H2,15,18,19);1-3,6H,4-5,7H2,(H2,11,13)(H2,12,17,18);1-3,6H,4-5,7,11H2,(H2,12,14)(H2,13,15,16);1-4H,5H2,(H3,9,10);1-4H,5H2;1-4,9H,5H2;1-5H;1H. The lowest BCUT2D eigenvalue weighted by Crippen LogP contribution is -2.21. The molecule has 0 aliphatic carbocycles. The average Bonchev–Trinajstić information content (AvgIpc) is 0.893. The lowest BCUT2D eigenvalue weighted by molar-refractivity contribution is -0.385. The number of nitrogens with zero attached hydrogens (tertiary/aromatic N) is 9. The lowest BCUT2D eigenvalue weighted by atomic mass is 10.2. The number of hydrogen-bond donors (Lipinski definition) is 12. The fraction of sp³-hybridized carbons (Fsp3) is 0.200. The highest BCUT2D eigenvalue weighted by molar-refractivity contribution is 8.13. The Hall–Kier alpha value is -10.2. The minimum Gasteiger partial charge on any atom is -0.399 e. The van der Waals surface area contributed by atoms with Gasteiger partial charge in [-0.1, -0.05) is 96.7 Å². The van der Waals surface area contributed by atoms with E-state index in [1.807, 2.05) is 42.5 Å². The fourth-order valence-corrected chi connectivity index (χ4v) is 11.9. The van der Waals surface area contributed by atoms with Gasteiger partial charge in [-0.3, -0.25) is 60.8 Å². The second-order valence-electron chi connectivity index (χ2n) is 20.3. The Balaban J connectivity index is 0.00000124. The number of aldehydes is 1. The first kappa shape index (κ1) is 96.8. The van der Waals surface area contributed by atoms with E-state index < -0.39 is 55.2 Å². The van der Waals surface area contributed by atoms with E-state index >= 15 is 0 Å². The number of hydrogen-bond acceptors (Lipinski definition) is 25. The van der Waals surface area contributed by atoms with E-state index in [0.29, 0.717) is 70.6 Å². The predicted octanol–water partition coefficient (Wildman–Crippen LogP) is 7.98. The van der Waals surface area contributed by atoms with Gasteiger partial charge in [0.05, 0.1) is 36.9 Å². The maximum absolute atomic E-state index is 10.7. The van der Waals surface area contributed by atoms with Crippen molar-refractivity contribution in [3.8, 4) is 0 Å². The Kier molecular flexibility index (Phi) is 47.0. The fourth-order valence-electron chi connectivity index (χ4n) is 7.19. The number of carbonyl (C=O) groups is 1. The maximum Gasteiger partial charge on any atom is 0.318 e. The third-order valence-corrected chi connectivity index (χ3v) is 17.3. The highest BCUT2D eigenvalue weighted by Crippen LogP contribution is 2.23. The van der Waals surface area contributed by atoms with Gasteiger partial charge in [0.15, 0.2) is 11.1 Å². The first-order valence-electron chi connectivity index (χ1n) is 29.4. The molecule has 0 saturated heterocycles. The van der Waals surface area contributed by atoms with E-state index in [9.17, 15) is 80.6 Å². The van der Waals surface area contributed by atoms with E-state index in [4.69, 9.17) is 77.7 Å². The molecule has 107 heavy (non-hydrogen) atoms. The molecule has 580 valence electrons. The minimum atomic E-state index is -3.95. The van der Waals surface area contributed by atoms with Gasteiger partial charge in [-0.2, -0.15) is 60.5 Å². The van der Waals surface area contributed by atoms with E-state index in [1.54, 1.807) is 78.1 Å². The van der Waals surface area contributed by atoms with Gasteiger partial charge in [-0.25, -0.2) is 20.4 Å². The average molecular weight is 1660 g/mol. The molecule has 38 nitrogen and oxygen atoms in total. The molecule has 0 aromatic heterocycles. The number of nitrogen functional groups attached to an aromatic ring is 1. The van der Waals surface area contributed by atoms with Crippen molar-refractivity contribution < 1.29 is 59.8 Å². The van der Waals surface area contributed by atoms with Crippen LogP contribution in [0.4, 0.5) is 39.8 Å². The summed E-state index contributed by atoms with van der Waals surface area (Å²) in [6, 6.07) is 45.4. The molecule has 7 aromatic rings. The number of rotatable bonds is 29. The zero-order chi connectivity index (χ0) is 80.0. The number of non-ortho nitro benzene ring substituents is 5. The largest absolute Gasteiger partial charge is 0.399 e. The number of carbonyl (C=O) groups excluding carboxylic acids is 1. The quantitative estimate of drug-likeness (QED) is 0.00309. The van der Waals surface area contributed by atoms with Gasteiger partial charge in [0, 0.05) is 137 Å². The van der Waals surface area contributed by atoms with Crippen LogP contribution < -0.4 is 55.6 Å². The molecule has 0 aliphatic rings. The van der Waals surface area contributed by atoms with Crippen LogP contribution in [0.1, 0.15) is 63.0 Å². The van der Waals surface area contributed by atoms with E-state index in [0.717, 1.165) is 56.8 Å². The number of aliphatic hydroxyl groups is 1. The van der Waals surface area contributed by atoms with Gasteiger partial charge in [-0.15, -0.1) is 37.2 Å². The highest BCUT2D eigenvalue weighted by atomic mass is 35.5. The first-order chi connectivity index (χ1) is 49.7. The molecule has 0 fully saturated rings. The van der Waals surface area contributed by atoms with E-state index in [1.165, 1.54) is 84.6 Å². The van der Waals surface area contributed by atoms with Crippen LogP contribution in [0.25, 0.3) is 0 Å². The van der Waals surface area contributed by atoms with Gasteiger partial charge in [0.25, 0.3) is 28.4 Å². The topological polar surface area (TPSA) is 689 Å². The maximum atomic E-state index is 10.7. The molecule has 0 atom stereocenters. The van der Waals surface area contributed by atoms with Gasteiger partial charge in [-0.05, 0) is 57.6 Å². The summed E-state index contributed by atoms with van der Waals surface area (Å²) in [4.78, 5) is 63.4. The summed E-state index contributed by atoms with van der Waals surface area (Å²) in [5.74, 6) is 4.65. The number of nitrogens with two attached hydrogens (primary N) is 10. The molecule has 0 aliphatic heterocycles. The number of amidine groups is 4. The zero-order valence-corrected chi connectivity index (χ0v) is 63.3. The molecule has 7 rings (SSSR count). The van der Waals surface area contributed by atoms with Crippen LogP contribution in [0.15, 0.2) is 188 Å². The van der Waals surface area contributed by atoms with Crippen molar-refractivity contribution in [3.05, 3.63) is 259 Å². The van der Waals surface area contributed by atoms with Gasteiger partial charge in [0.1, 0.15) is 23.8 Å². The van der Waals surface area contributed by atoms with Crippen molar-refractivity contribution in [3.63, 3.8) is 0 Å². The predicted molar refractivity (Wildman–Crippen MR) is 426 cm³/mol. The van der Waals surface area contributed by atoms with Gasteiger partial charge < -0.3 is 45.2 Å². The van der Waals surface area contributed by atoms with Crippen LogP contribution in [-0.4, -0.2) is 107 Å². The summed E-state index contributed by atoms with van der Waals surface area (Å²) in [5.41, 5.74) is 44.6. The van der Waals surface area contributed by atoms with Crippen molar-refractivity contribution in [1.82, 2.24) is 0 Å². The molecular formula is C60H76Cl2N20O18S7. The molecule has 0 saturated carbocycles. The van der Waals surface area contributed by atoms with Crippen LogP contribution in [0.5, 0.6) is 0 Å². The van der Waals surface area contributed by atoms with Crippen LogP contribution in [0.2, 0.25) is 0 Å². The lowest BCUT2D eigenvalue weighted by Gasteiger charge is -2.03. The molecule has 0 radical (unpaired) electrons. The summed E-state index contributed by atoms with van der Waals surface area (Å²) < 4.78 is 73.4. The number of nitro groups is 5. The third-order valence-electron chi connectivity index (χ3n) is 11.6. The SMILES string of the molecule is Cl.N=C(N)SCc1cccc([N+](=O)[O-])c1.NC(CCSCc1cccc(N)c1)=NS(N)(=O)=O.NC(CCSCc1cccc([N+](=O)[O-])c1)=NS(N)(=O)=O.NC(N)=Nc1cccc(CSCCC(N)=NS(N)(=O)=O)c1.O=Cc1cccc([N+](=O)[O-])c1.O=[N+]([O-])c1cccc(CCl)c1.O=[N+]([O-])c1cccc(CO)c1. The number of benzene rings is 7. The van der Waals surface area contributed by atoms with Crippen LogP contribution in [0.3, 0.4) is 0 Å². The van der Waals surface area contributed by atoms with Gasteiger partial charge in [0.2, 0.25) is 0 Å². The van der Waals surface area contributed by atoms with Crippen molar-refractivity contribution in [2.45, 2.75) is 54.8 Å². The number of nitro benzene ring substituents is 5. The summed E-state index contributed by atoms with van der Waals surface area (Å²) in [6.45, 7) is -0.165. The summed E-state index contributed by atoms with van der Waals surface area (Å²) in [7, 11) is -11.7. The first-order valence-corrected chi connectivity index (χ1v) is 38.8. The monoisotopic (exact) mass is 1660 g/mol. The Morgan fingerprint density at radius 3 is 1.10 bits per heavy atom. The number of nitrogens with one attached hydrogen (secondary N) is 1. The molecule has 7 aromatic carbocycles. The van der Waals surface area contributed by atoms with Gasteiger partial charge >= 0.3 is 30.6 Å². The van der Waals surface area contributed by atoms with Crippen molar-refractivity contribution >= 4 is 176 Å². The van der Waals surface area contributed by atoms with Crippen molar-refractivity contribution in [1.29, 1.82) is 5.41 Å². The Labute approximate surface area is 642 Å². The molecule has 22 N–H and O–H groups in total. The summed E-state index contributed by atoms with van der Waals surface area (Å²) >= 11 is 11.3. The third kappa shape index (κ3) is 49.3. The molecule has 47 heteroatoms. The minimum absolute atomic E-state index is 0. The number of thioether (sulfide) groups is 4. The van der Waals surface area contributed by atoms with E-state index in [-0.39, 0.29) is 82.5 Å². The van der Waals surface area contributed by atoms with Crippen LogP contribution >= 0.6 is 71.1 Å². The van der Waals surface area contributed by atoms with Crippen LogP contribution in [0, 0.1) is 56.0 Å². The molecule has 0 unspecified atom stereocenters. The van der Waals surface area contributed by atoms with E-state index in [2.05, 4.69) is 18.2 Å². The molecule has 0 bridgehead atoms. The number of alkyl halides is 1. The normalized spacial score (nSPS) is 11.0. The zero-order valence-electron chi connectivity index (χ0n) is 56.1. The Bertz CT molecular complexity index is 4520. The summed E-state index contributed by atoms with van der Waals surface area (Å²) in [5, 5.41) is 81.4. The number of anilines is 1. The van der Waals surface area contributed by atoms with Crippen LogP contribution in [-0.2, 0) is 66.1 Å². The number of aliphatic imine (C=N–C) groups is 1. The Morgan fingerprint density at radius 1 is 0.458 bits per heavy atom. The molecule has 0 spiro atoms. The summed E-state index contributed by atoms with van der Waals surface area (Å²) in [6.07, 6.45) is 1.57. The molecular weight excluding hydrogens is 1580 g/mol. The molecule has 0 heterocycles. The second-order valence-corrected chi connectivity index (χ2v) is 28.5. The number of guanidine groups is 1. The van der Waals surface area contributed by atoms with Crippen molar-refractivity contribution in [2.75, 3.05) is 23.0 Å². The highest BCUT2D eigenvalue weighted by Gasteiger charge is 2.11. The molecule has 0 amide bonds. The second kappa shape index (κ2) is 51.9. The number of halogens is 2. The smallest absolute Gasteiger partial charge is 0.318 e. The number of aliphatic hydroxyl groups excluding tert-OH is 1.